The van der Waals surface area contributed by atoms with Crippen molar-refractivity contribution < 1.29 is 23.0 Å². The van der Waals surface area contributed by atoms with Gasteiger partial charge in [0.1, 0.15) is 29.2 Å². The third-order valence-electron chi connectivity index (χ3n) is 4.44. The molecule has 1 aliphatic rings. The largest absolute Gasteiger partial charge is 0.489 e. The van der Waals surface area contributed by atoms with Crippen LogP contribution in [0.3, 0.4) is 0 Å². The van der Waals surface area contributed by atoms with Gasteiger partial charge in [-0.1, -0.05) is 0 Å². The number of aliphatic imine (C=N–C) groups is 1. The van der Waals surface area contributed by atoms with E-state index in [0.29, 0.717) is 50.1 Å². The van der Waals surface area contributed by atoms with Crippen molar-refractivity contribution in [3.8, 4) is 11.5 Å². The molecule has 0 aromatic heterocycles. The lowest BCUT2D eigenvalue weighted by molar-refractivity contribution is -0.0172. The maximum Gasteiger partial charge on any atom is 0.191 e. The summed E-state index contributed by atoms with van der Waals surface area (Å²) in [6.45, 7) is 6.08. The van der Waals surface area contributed by atoms with Crippen LogP contribution in [0.2, 0.25) is 0 Å². The Morgan fingerprint density at radius 3 is 2.68 bits per heavy atom. The van der Waals surface area contributed by atoms with Gasteiger partial charge in [0.25, 0.3) is 0 Å². The molecule has 1 unspecified atom stereocenters. The van der Waals surface area contributed by atoms with Crippen molar-refractivity contribution in [3.05, 3.63) is 59.2 Å². The van der Waals surface area contributed by atoms with Crippen molar-refractivity contribution in [2.45, 2.75) is 33.0 Å². The van der Waals surface area contributed by atoms with Gasteiger partial charge < -0.3 is 24.8 Å². The normalized spacial score (nSPS) is 14.0. The fourth-order valence-electron chi connectivity index (χ4n) is 3.10. The van der Waals surface area contributed by atoms with Crippen LogP contribution in [0.5, 0.6) is 11.5 Å². The molecule has 2 aromatic carbocycles. The second-order valence-electron chi connectivity index (χ2n) is 6.94. The van der Waals surface area contributed by atoms with Crippen LogP contribution in [-0.4, -0.2) is 38.5 Å². The van der Waals surface area contributed by atoms with E-state index >= 15 is 0 Å². The summed E-state index contributed by atoms with van der Waals surface area (Å²) in [5.74, 6) is 1.33. The van der Waals surface area contributed by atoms with E-state index in [1.807, 2.05) is 13.8 Å². The number of guanidine groups is 1. The molecule has 1 aliphatic heterocycles. The lowest BCUT2D eigenvalue weighted by atomic mass is 10.1. The Kier molecular flexibility index (Phi) is 10.3. The van der Waals surface area contributed by atoms with E-state index in [-0.39, 0.29) is 48.5 Å². The predicted molar refractivity (Wildman–Crippen MR) is 126 cm³/mol. The molecule has 0 saturated heterocycles. The van der Waals surface area contributed by atoms with Crippen molar-refractivity contribution in [2.75, 3.05) is 26.4 Å². The highest BCUT2D eigenvalue weighted by Crippen LogP contribution is 2.29. The average molecular weight is 547 g/mol. The smallest absolute Gasteiger partial charge is 0.191 e. The molecule has 31 heavy (non-hydrogen) atoms. The van der Waals surface area contributed by atoms with Crippen molar-refractivity contribution in [1.82, 2.24) is 10.6 Å². The summed E-state index contributed by atoms with van der Waals surface area (Å²) in [6.07, 6.45) is 0.390. The van der Waals surface area contributed by atoms with Crippen molar-refractivity contribution in [1.29, 1.82) is 0 Å². The minimum Gasteiger partial charge on any atom is -0.489 e. The Morgan fingerprint density at radius 2 is 1.94 bits per heavy atom. The van der Waals surface area contributed by atoms with Crippen LogP contribution >= 0.6 is 24.0 Å². The van der Waals surface area contributed by atoms with Gasteiger partial charge in [-0.05, 0) is 62.2 Å². The summed E-state index contributed by atoms with van der Waals surface area (Å²) in [5, 5.41) is 6.42. The zero-order valence-electron chi connectivity index (χ0n) is 17.6. The van der Waals surface area contributed by atoms with E-state index in [0.717, 1.165) is 11.1 Å². The summed E-state index contributed by atoms with van der Waals surface area (Å²) in [5.41, 5.74) is 1.52. The lowest BCUT2D eigenvalue weighted by Crippen LogP contribution is -2.39. The van der Waals surface area contributed by atoms with E-state index in [9.17, 15) is 8.78 Å². The van der Waals surface area contributed by atoms with Gasteiger partial charge in [-0.25, -0.2) is 13.8 Å². The van der Waals surface area contributed by atoms with E-state index in [4.69, 9.17) is 14.2 Å². The fourth-order valence-corrected chi connectivity index (χ4v) is 3.10. The number of nitrogens with zero attached hydrogens (tertiary/aromatic N) is 1. The highest BCUT2D eigenvalue weighted by atomic mass is 127. The molecule has 0 radical (unpaired) electrons. The molecule has 2 N–H and O–H groups in total. The standard InChI is InChI=1S/C22H27F2N3O3.HI/c1-3-25-22(27-12-15(2)30-20-6-4-18(23)5-7-20)26-9-8-16-10-19(24)11-17-13-28-14-29-21(16)17;/h4-7,10-11,15H,3,8-9,12-14H2,1-2H3,(H2,25,26,27);1H. The zero-order chi connectivity index (χ0) is 21.3. The van der Waals surface area contributed by atoms with E-state index < -0.39 is 0 Å². The van der Waals surface area contributed by atoms with Gasteiger partial charge in [0.15, 0.2) is 12.8 Å². The number of hydrogen-bond donors (Lipinski definition) is 2. The first-order valence-electron chi connectivity index (χ1n) is 10.0. The summed E-state index contributed by atoms with van der Waals surface area (Å²) in [6, 6.07) is 8.83. The van der Waals surface area contributed by atoms with Gasteiger partial charge in [0, 0.05) is 18.7 Å². The van der Waals surface area contributed by atoms with Crippen LogP contribution in [-0.2, 0) is 17.8 Å². The Hall–Kier alpha value is -2.14. The highest BCUT2D eigenvalue weighted by Gasteiger charge is 2.16. The first-order chi connectivity index (χ1) is 14.5. The summed E-state index contributed by atoms with van der Waals surface area (Å²) in [7, 11) is 0. The topological polar surface area (TPSA) is 64.1 Å². The molecule has 0 bridgehead atoms. The maximum absolute atomic E-state index is 13.9. The van der Waals surface area contributed by atoms with Gasteiger partial charge in [0.2, 0.25) is 0 Å². The molecule has 0 aliphatic carbocycles. The molecule has 0 spiro atoms. The second kappa shape index (κ2) is 12.7. The predicted octanol–water partition coefficient (Wildman–Crippen LogP) is 4.01. The van der Waals surface area contributed by atoms with Crippen LogP contribution in [0.15, 0.2) is 41.4 Å². The van der Waals surface area contributed by atoms with Crippen LogP contribution in [0, 0.1) is 11.6 Å². The number of benzene rings is 2. The minimum absolute atomic E-state index is 0. The molecular weight excluding hydrogens is 519 g/mol. The number of ether oxygens (including phenoxy) is 3. The van der Waals surface area contributed by atoms with Crippen LogP contribution in [0.4, 0.5) is 8.78 Å². The van der Waals surface area contributed by atoms with Gasteiger partial charge >= 0.3 is 0 Å². The Balaban J connectivity index is 0.00000341. The van der Waals surface area contributed by atoms with E-state index in [1.165, 1.54) is 24.3 Å². The van der Waals surface area contributed by atoms with Crippen molar-refractivity contribution in [3.63, 3.8) is 0 Å². The second-order valence-corrected chi connectivity index (χ2v) is 6.94. The number of nitrogens with one attached hydrogen (secondary N) is 2. The molecule has 0 saturated carbocycles. The first kappa shape index (κ1) is 25.1. The van der Waals surface area contributed by atoms with Crippen LogP contribution in [0.25, 0.3) is 0 Å². The lowest BCUT2D eigenvalue weighted by Gasteiger charge is -2.21. The van der Waals surface area contributed by atoms with Crippen LogP contribution in [0.1, 0.15) is 25.0 Å². The number of halogens is 3. The maximum atomic E-state index is 13.9. The molecule has 1 heterocycles. The molecule has 2 aromatic rings. The van der Waals surface area contributed by atoms with Gasteiger partial charge in [-0.2, -0.15) is 0 Å². The number of fused-ring (bicyclic) bond motifs is 1. The fraction of sp³-hybridized carbons (Fsp3) is 0.409. The van der Waals surface area contributed by atoms with Crippen molar-refractivity contribution >= 4 is 29.9 Å². The summed E-state index contributed by atoms with van der Waals surface area (Å²) in [4.78, 5) is 4.53. The zero-order valence-corrected chi connectivity index (χ0v) is 20.0. The molecule has 0 fully saturated rings. The van der Waals surface area contributed by atoms with Gasteiger partial charge in [-0.15, -0.1) is 24.0 Å². The Morgan fingerprint density at radius 1 is 1.16 bits per heavy atom. The van der Waals surface area contributed by atoms with Gasteiger partial charge in [0.05, 0.1) is 13.2 Å². The van der Waals surface area contributed by atoms with Gasteiger partial charge in [-0.3, -0.25) is 0 Å². The molecular formula is C22H28F2IN3O3. The molecule has 0 amide bonds. The molecule has 1 atom stereocenters. The molecule has 6 nitrogen and oxygen atoms in total. The average Bonchev–Trinajstić information content (AvgIpc) is 2.73. The Labute approximate surface area is 198 Å². The molecule has 170 valence electrons. The number of rotatable bonds is 8. The highest BCUT2D eigenvalue weighted by molar-refractivity contribution is 14.0. The number of hydrogen-bond acceptors (Lipinski definition) is 4. The molecule has 3 rings (SSSR count). The molecule has 9 heteroatoms. The van der Waals surface area contributed by atoms with E-state index in [1.54, 1.807) is 12.1 Å². The minimum atomic E-state index is -0.302. The third-order valence-corrected chi connectivity index (χ3v) is 4.44. The van der Waals surface area contributed by atoms with Crippen LogP contribution < -0.4 is 20.1 Å². The summed E-state index contributed by atoms with van der Waals surface area (Å²) < 4.78 is 43.4. The summed E-state index contributed by atoms with van der Waals surface area (Å²) >= 11 is 0. The quantitative estimate of drug-likeness (QED) is 0.297. The van der Waals surface area contributed by atoms with Crippen molar-refractivity contribution in [2.24, 2.45) is 4.99 Å². The third kappa shape index (κ3) is 7.80. The monoisotopic (exact) mass is 547 g/mol. The Bertz CT molecular complexity index is 866. The first-order valence-corrected chi connectivity index (χ1v) is 10.0. The van der Waals surface area contributed by atoms with E-state index in [2.05, 4.69) is 15.6 Å². The SMILES string of the molecule is CCNC(=NCC(C)Oc1ccc(F)cc1)NCCc1cc(F)cc2c1OCOC2.I.